The van der Waals surface area contributed by atoms with Gasteiger partial charge in [0.25, 0.3) is 5.91 Å². The van der Waals surface area contributed by atoms with E-state index in [1.165, 1.54) is 29.1 Å². The van der Waals surface area contributed by atoms with Crippen molar-refractivity contribution in [1.82, 2.24) is 5.32 Å². The fourth-order valence-electron chi connectivity index (χ4n) is 5.60. The number of hydrogen-bond acceptors (Lipinski definition) is 5. The average molecular weight is 530 g/mol. The highest BCUT2D eigenvalue weighted by Gasteiger charge is 2.41. The fourth-order valence-corrected chi connectivity index (χ4v) is 6.43. The van der Waals surface area contributed by atoms with E-state index in [1.54, 1.807) is 11.3 Å². The third kappa shape index (κ3) is 5.03. The van der Waals surface area contributed by atoms with Crippen LogP contribution in [0.2, 0.25) is 0 Å². The molecule has 0 saturated carbocycles. The molecule has 1 amide bonds. The number of allylic oxidation sites excluding steroid dienone is 3. The number of dihydropyridines is 1. The lowest BCUT2D eigenvalue weighted by Crippen LogP contribution is -2.37. The van der Waals surface area contributed by atoms with Gasteiger partial charge in [0.05, 0.1) is 0 Å². The molecule has 0 saturated heterocycles. The molecule has 1 aliphatic carbocycles. The van der Waals surface area contributed by atoms with Crippen LogP contribution >= 0.6 is 11.3 Å². The topological polar surface area (TPSA) is 61.4 Å². The molecule has 2 N–H and O–H groups in total. The second kappa shape index (κ2) is 11.0. The Bertz CT molecular complexity index is 1390. The van der Waals surface area contributed by atoms with Crippen molar-refractivity contribution in [3.8, 4) is 0 Å². The number of rotatable bonds is 7. The SMILES string of the molecule is CCN(CC)c1ccc([C@H]2C(C(=O)Nc3ccc(F)cc3)=C(C)NC3=C2C(=O)C[C@@H](c2cccs2)C3)cc1. The summed E-state index contributed by atoms with van der Waals surface area (Å²) < 4.78 is 13.4. The van der Waals surface area contributed by atoms with Crippen LogP contribution in [0, 0.1) is 5.82 Å². The van der Waals surface area contributed by atoms with E-state index in [9.17, 15) is 14.0 Å². The Kier molecular flexibility index (Phi) is 7.47. The highest BCUT2D eigenvalue weighted by Crippen LogP contribution is 2.46. The van der Waals surface area contributed by atoms with Crippen molar-refractivity contribution in [2.75, 3.05) is 23.3 Å². The number of nitrogens with one attached hydrogen (secondary N) is 2. The van der Waals surface area contributed by atoms with E-state index in [1.807, 2.05) is 30.5 Å². The number of carbonyl (C=O) groups is 2. The van der Waals surface area contributed by atoms with Gasteiger partial charge in [0.15, 0.2) is 5.78 Å². The zero-order chi connectivity index (χ0) is 26.8. The normalized spacial score (nSPS) is 19.2. The monoisotopic (exact) mass is 529 g/mol. The minimum atomic E-state index is -0.491. The standard InChI is InChI=1S/C31H32FN3O2S/c1-4-35(5-2)24-14-8-20(9-15-24)29-28(31(37)34-23-12-10-22(32)11-13-23)19(3)33-25-17-21(18-26(36)30(25)29)27-7-6-16-38-27/h6-16,21,29,33H,4-5,17-18H2,1-3H3,(H,34,37)/t21-,29-/m0/s1. The van der Waals surface area contributed by atoms with Crippen molar-refractivity contribution in [3.63, 3.8) is 0 Å². The summed E-state index contributed by atoms with van der Waals surface area (Å²) in [4.78, 5) is 30.9. The van der Waals surface area contributed by atoms with E-state index in [4.69, 9.17) is 0 Å². The Labute approximate surface area is 227 Å². The second-order valence-electron chi connectivity index (χ2n) is 9.76. The largest absolute Gasteiger partial charge is 0.372 e. The van der Waals surface area contributed by atoms with Gasteiger partial charge in [0.2, 0.25) is 0 Å². The van der Waals surface area contributed by atoms with Gasteiger partial charge in [-0.3, -0.25) is 9.59 Å². The summed E-state index contributed by atoms with van der Waals surface area (Å²) in [5.41, 5.74) is 5.30. The van der Waals surface area contributed by atoms with E-state index in [0.29, 0.717) is 23.3 Å². The number of amides is 1. The van der Waals surface area contributed by atoms with Crippen molar-refractivity contribution in [2.45, 2.75) is 45.4 Å². The highest BCUT2D eigenvalue weighted by molar-refractivity contribution is 7.10. The summed E-state index contributed by atoms with van der Waals surface area (Å²) in [7, 11) is 0. The first kappa shape index (κ1) is 25.9. The number of hydrogen-bond donors (Lipinski definition) is 2. The number of nitrogens with zero attached hydrogens (tertiary/aromatic N) is 1. The Balaban J connectivity index is 1.55. The number of thiophene rings is 1. The van der Waals surface area contributed by atoms with E-state index in [0.717, 1.165) is 42.2 Å². The average Bonchev–Trinajstić information content (AvgIpc) is 3.45. The molecule has 7 heteroatoms. The van der Waals surface area contributed by atoms with Crippen LogP contribution < -0.4 is 15.5 Å². The second-order valence-corrected chi connectivity index (χ2v) is 10.7. The molecule has 0 spiro atoms. The number of ketones is 1. The minimum absolute atomic E-state index is 0.0644. The third-order valence-corrected chi connectivity index (χ3v) is 8.51. The van der Waals surface area contributed by atoms with E-state index < -0.39 is 5.92 Å². The molecular weight excluding hydrogens is 497 g/mol. The van der Waals surface area contributed by atoms with Crippen LogP contribution in [0.3, 0.4) is 0 Å². The van der Waals surface area contributed by atoms with Crippen LogP contribution in [0.25, 0.3) is 0 Å². The van der Waals surface area contributed by atoms with Crippen LogP contribution in [0.15, 0.2) is 88.6 Å². The van der Waals surface area contributed by atoms with Gasteiger partial charge in [-0.25, -0.2) is 4.39 Å². The Morgan fingerprint density at radius 3 is 2.39 bits per heavy atom. The maximum atomic E-state index is 13.8. The first-order valence-corrected chi connectivity index (χ1v) is 14.0. The van der Waals surface area contributed by atoms with Crippen molar-refractivity contribution in [1.29, 1.82) is 0 Å². The van der Waals surface area contributed by atoms with Crippen molar-refractivity contribution in [2.24, 2.45) is 0 Å². The van der Waals surface area contributed by atoms with Gasteiger partial charge in [-0.2, -0.15) is 0 Å². The molecule has 3 aromatic rings. The van der Waals surface area contributed by atoms with Crippen LogP contribution in [0.1, 0.15) is 55.9 Å². The summed E-state index contributed by atoms with van der Waals surface area (Å²) >= 11 is 1.67. The smallest absolute Gasteiger partial charge is 0.254 e. The molecule has 38 heavy (non-hydrogen) atoms. The maximum absolute atomic E-state index is 13.8. The lowest BCUT2D eigenvalue weighted by Gasteiger charge is -2.37. The van der Waals surface area contributed by atoms with Gasteiger partial charge in [-0.1, -0.05) is 18.2 Å². The number of halogens is 1. The predicted molar refractivity (Wildman–Crippen MR) is 152 cm³/mol. The first-order valence-electron chi connectivity index (χ1n) is 13.1. The summed E-state index contributed by atoms with van der Waals surface area (Å²) in [5.74, 6) is -0.975. The highest BCUT2D eigenvalue weighted by atomic mass is 32.1. The van der Waals surface area contributed by atoms with Gasteiger partial charge < -0.3 is 15.5 Å². The van der Waals surface area contributed by atoms with Gasteiger partial charge >= 0.3 is 0 Å². The molecule has 2 aromatic carbocycles. The van der Waals surface area contributed by atoms with Gasteiger partial charge in [0.1, 0.15) is 5.82 Å². The summed E-state index contributed by atoms with van der Waals surface area (Å²) in [6.45, 7) is 7.92. The third-order valence-electron chi connectivity index (χ3n) is 7.47. The number of Topliss-reactive ketones (excluding diaryl/α,β-unsaturated/α-hetero) is 1. The van der Waals surface area contributed by atoms with Crippen LogP contribution in [0.4, 0.5) is 15.8 Å². The molecule has 0 bridgehead atoms. The zero-order valence-electron chi connectivity index (χ0n) is 21.9. The van der Waals surface area contributed by atoms with Gasteiger partial charge in [-0.15, -0.1) is 11.3 Å². The summed E-state index contributed by atoms with van der Waals surface area (Å²) in [6, 6.07) is 18.0. The minimum Gasteiger partial charge on any atom is -0.372 e. The molecule has 5 rings (SSSR count). The molecule has 196 valence electrons. The van der Waals surface area contributed by atoms with Crippen LogP contribution in [0.5, 0.6) is 0 Å². The molecule has 2 heterocycles. The van der Waals surface area contributed by atoms with Crippen molar-refractivity contribution in [3.05, 3.63) is 105 Å². The molecule has 1 aromatic heterocycles. The maximum Gasteiger partial charge on any atom is 0.254 e. The molecule has 2 aliphatic rings. The number of carbonyl (C=O) groups excluding carboxylic acids is 2. The van der Waals surface area contributed by atoms with E-state index >= 15 is 0 Å². The quantitative estimate of drug-likeness (QED) is 0.356. The Morgan fingerprint density at radius 1 is 1.05 bits per heavy atom. The Hall–Kier alpha value is -3.71. The molecule has 0 radical (unpaired) electrons. The fraction of sp³-hybridized carbons (Fsp3) is 0.290. The van der Waals surface area contributed by atoms with Crippen LogP contribution in [-0.4, -0.2) is 24.8 Å². The summed E-state index contributed by atoms with van der Waals surface area (Å²) in [6.07, 6.45) is 1.14. The van der Waals surface area contributed by atoms with Crippen molar-refractivity contribution < 1.29 is 14.0 Å². The molecule has 0 unspecified atom stereocenters. The molecular formula is C31H32FN3O2S. The molecule has 1 aliphatic heterocycles. The Morgan fingerprint density at radius 2 is 1.76 bits per heavy atom. The first-order chi connectivity index (χ1) is 18.4. The zero-order valence-corrected chi connectivity index (χ0v) is 22.7. The van der Waals surface area contributed by atoms with Crippen molar-refractivity contribution >= 4 is 34.4 Å². The van der Waals surface area contributed by atoms with Gasteiger partial charge in [0, 0.05) is 70.1 Å². The van der Waals surface area contributed by atoms with E-state index in [-0.39, 0.29) is 23.4 Å². The number of anilines is 2. The summed E-state index contributed by atoms with van der Waals surface area (Å²) in [5, 5.41) is 8.39. The molecule has 2 atom stereocenters. The van der Waals surface area contributed by atoms with Crippen LogP contribution in [-0.2, 0) is 9.59 Å². The lowest BCUT2D eigenvalue weighted by atomic mass is 9.72. The van der Waals surface area contributed by atoms with E-state index in [2.05, 4.69) is 47.6 Å². The predicted octanol–water partition coefficient (Wildman–Crippen LogP) is 6.73. The van der Waals surface area contributed by atoms with Gasteiger partial charge in [-0.05, 0) is 80.6 Å². The molecule has 5 nitrogen and oxygen atoms in total. The number of benzene rings is 2. The molecule has 0 fully saturated rings. The lowest BCUT2D eigenvalue weighted by molar-refractivity contribution is -0.116.